The van der Waals surface area contributed by atoms with Gasteiger partial charge < -0.3 is 15.4 Å². The summed E-state index contributed by atoms with van der Waals surface area (Å²) in [5.41, 5.74) is 0. The van der Waals surface area contributed by atoms with Crippen molar-refractivity contribution in [3.05, 3.63) is 22.4 Å². The number of rotatable bonds is 8. The van der Waals surface area contributed by atoms with E-state index in [0.29, 0.717) is 13.2 Å². The molecule has 0 fully saturated rings. The van der Waals surface area contributed by atoms with Crippen LogP contribution in [0.5, 0.6) is 0 Å². The molecule has 19 heavy (non-hydrogen) atoms. The highest BCUT2D eigenvalue weighted by molar-refractivity contribution is 14.0. The first-order valence-corrected chi connectivity index (χ1v) is 7.37. The lowest BCUT2D eigenvalue weighted by Crippen LogP contribution is -2.38. The molecule has 1 aromatic heterocycles. The number of halogens is 1. The number of hydrogen-bond acceptors (Lipinski definition) is 3. The number of hydrogen-bond donors (Lipinski definition) is 2. The zero-order chi connectivity index (χ0) is 13.1. The van der Waals surface area contributed by atoms with Gasteiger partial charge in [0.05, 0.1) is 13.2 Å². The van der Waals surface area contributed by atoms with E-state index < -0.39 is 0 Å². The van der Waals surface area contributed by atoms with Crippen LogP contribution < -0.4 is 10.6 Å². The smallest absolute Gasteiger partial charge is 0.191 e. The summed E-state index contributed by atoms with van der Waals surface area (Å²) in [4.78, 5) is 5.84. The fourth-order valence-electron chi connectivity index (χ4n) is 1.47. The number of nitrogens with one attached hydrogen (secondary N) is 2. The Morgan fingerprint density at radius 3 is 2.84 bits per heavy atom. The van der Waals surface area contributed by atoms with E-state index >= 15 is 0 Å². The van der Waals surface area contributed by atoms with Crippen LogP contribution >= 0.6 is 35.3 Å². The molecule has 0 aliphatic carbocycles. The largest absolute Gasteiger partial charge is 0.380 e. The van der Waals surface area contributed by atoms with E-state index in [-0.39, 0.29) is 24.0 Å². The number of thiophene rings is 1. The zero-order valence-corrected chi connectivity index (χ0v) is 14.8. The van der Waals surface area contributed by atoms with Crippen LogP contribution in [-0.4, -0.2) is 38.8 Å². The molecule has 1 heterocycles. The third-order valence-corrected chi connectivity index (χ3v) is 3.23. The Labute approximate surface area is 137 Å². The number of guanidine groups is 1. The predicted octanol–water partition coefficient (Wildman–Crippen LogP) is 2.50. The number of aliphatic imine (C=N–C) groups is 1. The molecule has 0 amide bonds. The van der Waals surface area contributed by atoms with Crippen LogP contribution in [0.2, 0.25) is 0 Å². The fourth-order valence-corrected chi connectivity index (χ4v) is 2.18. The predicted molar refractivity (Wildman–Crippen MR) is 93.9 cm³/mol. The molecule has 4 nitrogen and oxygen atoms in total. The highest BCUT2D eigenvalue weighted by Gasteiger charge is 1.97. The summed E-state index contributed by atoms with van der Waals surface area (Å²) in [5, 5.41) is 8.66. The molecule has 0 bridgehead atoms. The molecule has 0 aliphatic rings. The van der Waals surface area contributed by atoms with Crippen LogP contribution in [0.4, 0.5) is 0 Å². The van der Waals surface area contributed by atoms with E-state index in [4.69, 9.17) is 4.74 Å². The first kappa shape index (κ1) is 18.7. The second-order valence-corrected chi connectivity index (χ2v) is 4.75. The average molecular weight is 397 g/mol. The SMILES string of the molecule is CCNC(=NCCOCC)NCCc1cccs1.I. The van der Waals surface area contributed by atoms with Crippen LogP contribution in [0, 0.1) is 0 Å². The van der Waals surface area contributed by atoms with Gasteiger partial charge in [0.15, 0.2) is 5.96 Å². The monoisotopic (exact) mass is 397 g/mol. The molecule has 0 spiro atoms. The van der Waals surface area contributed by atoms with Crippen LogP contribution in [-0.2, 0) is 11.2 Å². The van der Waals surface area contributed by atoms with Crippen molar-refractivity contribution in [2.45, 2.75) is 20.3 Å². The molecule has 1 rings (SSSR count). The zero-order valence-electron chi connectivity index (χ0n) is 11.6. The van der Waals surface area contributed by atoms with E-state index in [9.17, 15) is 0 Å². The maximum absolute atomic E-state index is 5.26. The summed E-state index contributed by atoms with van der Waals surface area (Å²) in [6, 6.07) is 4.24. The van der Waals surface area contributed by atoms with Crippen LogP contribution in [0.1, 0.15) is 18.7 Å². The molecular weight excluding hydrogens is 373 g/mol. The Balaban J connectivity index is 0.00000324. The molecule has 1 aromatic rings. The molecular formula is C13H24IN3OS. The summed E-state index contributed by atoms with van der Waals surface area (Å²) < 4.78 is 5.26. The Bertz CT molecular complexity index is 331. The van der Waals surface area contributed by atoms with Crippen molar-refractivity contribution in [2.75, 3.05) is 32.8 Å². The Morgan fingerprint density at radius 2 is 2.21 bits per heavy atom. The lowest BCUT2D eigenvalue weighted by Gasteiger charge is -2.10. The molecule has 110 valence electrons. The van der Waals surface area contributed by atoms with Gasteiger partial charge in [-0.3, -0.25) is 4.99 Å². The van der Waals surface area contributed by atoms with E-state index in [1.807, 2.05) is 6.92 Å². The van der Waals surface area contributed by atoms with Gasteiger partial charge >= 0.3 is 0 Å². The van der Waals surface area contributed by atoms with Gasteiger partial charge in [0.1, 0.15) is 0 Å². The molecule has 0 aromatic carbocycles. The van der Waals surface area contributed by atoms with Crippen molar-refractivity contribution in [3.8, 4) is 0 Å². The van der Waals surface area contributed by atoms with Crippen LogP contribution in [0.15, 0.2) is 22.5 Å². The Hall–Kier alpha value is -0.340. The molecule has 0 radical (unpaired) electrons. The van der Waals surface area contributed by atoms with Crippen molar-refractivity contribution in [3.63, 3.8) is 0 Å². The molecule has 0 atom stereocenters. The Kier molecular flexibility index (Phi) is 12.5. The third-order valence-electron chi connectivity index (χ3n) is 2.30. The highest BCUT2D eigenvalue weighted by atomic mass is 127. The van der Waals surface area contributed by atoms with Crippen LogP contribution in [0.25, 0.3) is 0 Å². The summed E-state index contributed by atoms with van der Waals surface area (Å²) >= 11 is 1.79. The average Bonchev–Trinajstić information content (AvgIpc) is 2.87. The fraction of sp³-hybridized carbons (Fsp3) is 0.615. The third kappa shape index (κ3) is 9.23. The second-order valence-electron chi connectivity index (χ2n) is 3.71. The van der Waals surface area contributed by atoms with Gasteiger partial charge in [-0.05, 0) is 31.7 Å². The highest BCUT2D eigenvalue weighted by Crippen LogP contribution is 2.07. The van der Waals surface area contributed by atoms with E-state index in [2.05, 4.69) is 40.1 Å². The first-order valence-electron chi connectivity index (χ1n) is 6.49. The molecule has 6 heteroatoms. The van der Waals surface area contributed by atoms with Gasteiger partial charge in [0.25, 0.3) is 0 Å². The maximum Gasteiger partial charge on any atom is 0.191 e. The molecule has 0 saturated heterocycles. The van der Waals surface area contributed by atoms with E-state index in [0.717, 1.165) is 32.1 Å². The lowest BCUT2D eigenvalue weighted by atomic mass is 10.3. The summed E-state index contributed by atoms with van der Waals surface area (Å²) in [6.07, 6.45) is 1.04. The quantitative estimate of drug-likeness (QED) is 0.307. The van der Waals surface area contributed by atoms with Gasteiger partial charge in [-0.25, -0.2) is 0 Å². The topological polar surface area (TPSA) is 45.7 Å². The molecule has 2 N–H and O–H groups in total. The number of ether oxygens (including phenoxy) is 1. The second kappa shape index (κ2) is 12.7. The van der Waals surface area contributed by atoms with Crippen LogP contribution in [0.3, 0.4) is 0 Å². The summed E-state index contributed by atoms with van der Waals surface area (Å²) in [6.45, 7) is 7.96. The normalized spacial score (nSPS) is 10.9. The van der Waals surface area contributed by atoms with Gasteiger partial charge in [-0.2, -0.15) is 0 Å². The van der Waals surface area contributed by atoms with E-state index in [1.165, 1.54) is 4.88 Å². The van der Waals surface area contributed by atoms with Crippen molar-refractivity contribution < 1.29 is 4.74 Å². The number of nitrogens with zero attached hydrogens (tertiary/aromatic N) is 1. The van der Waals surface area contributed by atoms with Gasteiger partial charge in [0, 0.05) is 24.6 Å². The summed E-state index contributed by atoms with van der Waals surface area (Å²) in [7, 11) is 0. The minimum absolute atomic E-state index is 0. The van der Waals surface area contributed by atoms with Gasteiger partial charge in [-0.15, -0.1) is 35.3 Å². The van der Waals surface area contributed by atoms with Crippen molar-refractivity contribution >= 4 is 41.3 Å². The first-order chi connectivity index (χ1) is 8.86. The lowest BCUT2D eigenvalue weighted by molar-refractivity contribution is 0.155. The maximum atomic E-state index is 5.26. The molecule has 0 unspecified atom stereocenters. The van der Waals surface area contributed by atoms with E-state index in [1.54, 1.807) is 11.3 Å². The molecule has 0 aliphatic heterocycles. The molecule has 0 saturated carbocycles. The van der Waals surface area contributed by atoms with Crippen molar-refractivity contribution in [2.24, 2.45) is 4.99 Å². The Morgan fingerprint density at radius 1 is 1.37 bits per heavy atom. The van der Waals surface area contributed by atoms with Gasteiger partial charge in [-0.1, -0.05) is 6.07 Å². The minimum Gasteiger partial charge on any atom is -0.380 e. The van der Waals surface area contributed by atoms with Crippen molar-refractivity contribution in [1.82, 2.24) is 10.6 Å². The standard InChI is InChI=1S/C13H23N3OS.HI/c1-3-14-13(16-9-10-17-4-2)15-8-7-12-6-5-11-18-12;/h5-6,11H,3-4,7-10H2,1-2H3,(H2,14,15,16);1H. The van der Waals surface area contributed by atoms with Crippen molar-refractivity contribution in [1.29, 1.82) is 0 Å². The van der Waals surface area contributed by atoms with Gasteiger partial charge in [0.2, 0.25) is 0 Å². The summed E-state index contributed by atoms with van der Waals surface area (Å²) in [5.74, 6) is 0.869. The minimum atomic E-state index is 0.